The number of allylic oxidation sites excluding steroid dienone is 20. The zero-order valence-corrected chi connectivity index (χ0v) is 32.2. The second-order valence-corrected chi connectivity index (χ2v) is 15.3. The summed E-state index contributed by atoms with van der Waals surface area (Å²) in [5, 5.41) is 0. The zero-order chi connectivity index (χ0) is 37.5. The maximum atomic E-state index is 2.57. The van der Waals surface area contributed by atoms with Crippen molar-refractivity contribution in [3.8, 4) is 0 Å². The lowest BCUT2D eigenvalue weighted by Crippen LogP contribution is -2.25. The molecule has 0 bridgehead atoms. The highest BCUT2D eigenvalue weighted by molar-refractivity contribution is 5.76. The van der Waals surface area contributed by atoms with Crippen LogP contribution in [0.1, 0.15) is 74.8 Å². The van der Waals surface area contributed by atoms with Crippen molar-refractivity contribution in [2.24, 2.45) is 0 Å². The quantitative estimate of drug-likeness (QED) is 0.161. The first-order valence-electron chi connectivity index (χ1n) is 20.6. The van der Waals surface area contributed by atoms with Crippen LogP contribution in [0, 0.1) is 0 Å². The molecule has 4 aromatic carbocycles. The van der Waals surface area contributed by atoms with E-state index in [4.69, 9.17) is 0 Å². The van der Waals surface area contributed by atoms with Gasteiger partial charge < -0.3 is 9.80 Å². The lowest BCUT2D eigenvalue weighted by Gasteiger charge is -2.35. The molecule has 5 aliphatic rings. The first-order valence-corrected chi connectivity index (χ1v) is 20.6. The van der Waals surface area contributed by atoms with Crippen molar-refractivity contribution in [3.63, 3.8) is 0 Å². The molecule has 5 aliphatic carbocycles. The van der Waals surface area contributed by atoms with Crippen molar-refractivity contribution >= 4 is 22.6 Å². The summed E-state index contributed by atoms with van der Waals surface area (Å²) in [6, 6.07) is 41.8. The molecule has 276 valence electrons. The summed E-state index contributed by atoms with van der Waals surface area (Å²) in [4.78, 5) is 5.08. The first kappa shape index (κ1) is 35.6. The Hall–Kier alpha value is -6.12. The molecule has 0 aliphatic heterocycles. The van der Waals surface area contributed by atoms with Gasteiger partial charge in [0.2, 0.25) is 0 Å². The molecule has 0 saturated carbocycles. The van der Waals surface area contributed by atoms with E-state index in [0.29, 0.717) is 0 Å². The Morgan fingerprint density at radius 2 is 1.11 bits per heavy atom. The normalized spacial score (nSPS) is 19.3. The second kappa shape index (κ2) is 16.7. The van der Waals surface area contributed by atoms with Crippen LogP contribution in [0.15, 0.2) is 228 Å². The summed E-state index contributed by atoms with van der Waals surface area (Å²) >= 11 is 0. The fourth-order valence-electron chi connectivity index (χ4n) is 8.97. The van der Waals surface area contributed by atoms with E-state index in [0.717, 1.165) is 57.8 Å². The average molecular weight is 727 g/mol. The first-order chi connectivity index (χ1) is 27.8. The third kappa shape index (κ3) is 7.57. The summed E-state index contributed by atoms with van der Waals surface area (Å²) in [5.74, 6) is 0.274. The molecule has 2 heteroatoms. The minimum atomic E-state index is 0.274. The highest BCUT2D eigenvalue weighted by Gasteiger charge is 2.27. The molecule has 1 unspecified atom stereocenters. The molecule has 0 N–H and O–H groups in total. The minimum absolute atomic E-state index is 0.274. The third-order valence-electron chi connectivity index (χ3n) is 11.8. The van der Waals surface area contributed by atoms with Crippen molar-refractivity contribution in [2.45, 2.75) is 63.7 Å². The number of nitrogens with zero attached hydrogens (tertiary/aromatic N) is 2. The van der Waals surface area contributed by atoms with Gasteiger partial charge >= 0.3 is 0 Å². The topological polar surface area (TPSA) is 6.48 Å². The number of anilines is 3. The predicted octanol–water partition coefficient (Wildman–Crippen LogP) is 14.5. The van der Waals surface area contributed by atoms with Gasteiger partial charge in [0.25, 0.3) is 0 Å². The van der Waals surface area contributed by atoms with Crippen molar-refractivity contribution in [1.29, 1.82) is 0 Å². The molecule has 0 heterocycles. The molecule has 1 atom stereocenters. The van der Waals surface area contributed by atoms with Crippen LogP contribution in [0.3, 0.4) is 0 Å². The molecular weight excluding hydrogens is 677 g/mol. The van der Waals surface area contributed by atoms with Crippen LogP contribution in [0.25, 0.3) is 5.57 Å². The average Bonchev–Trinajstić information content (AvgIpc) is 3.29. The highest BCUT2D eigenvalue weighted by Crippen LogP contribution is 2.44. The Morgan fingerprint density at radius 3 is 1.77 bits per heavy atom. The van der Waals surface area contributed by atoms with Gasteiger partial charge in [-0.25, -0.2) is 0 Å². The maximum Gasteiger partial charge on any atom is 0.0496 e. The molecule has 0 amide bonds. The van der Waals surface area contributed by atoms with Gasteiger partial charge in [-0.3, -0.25) is 0 Å². The van der Waals surface area contributed by atoms with Crippen molar-refractivity contribution < 1.29 is 0 Å². The Kier molecular flexibility index (Phi) is 10.6. The van der Waals surface area contributed by atoms with Crippen LogP contribution in [-0.2, 0) is 0 Å². The number of hydrogen-bond donors (Lipinski definition) is 0. The van der Waals surface area contributed by atoms with E-state index in [-0.39, 0.29) is 5.92 Å². The van der Waals surface area contributed by atoms with Gasteiger partial charge in [-0.2, -0.15) is 0 Å². The Balaban J connectivity index is 1.03. The molecule has 0 aromatic heterocycles. The fraction of sp³-hybridized carbons (Fsp3) is 0.185. The van der Waals surface area contributed by atoms with Gasteiger partial charge in [0.05, 0.1) is 0 Å². The van der Waals surface area contributed by atoms with E-state index in [1.54, 1.807) is 0 Å². The predicted molar refractivity (Wildman–Crippen MR) is 238 cm³/mol. The van der Waals surface area contributed by atoms with Gasteiger partial charge in [-0.1, -0.05) is 146 Å². The largest absolute Gasteiger partial charge is 0.317 e. The smallest absolute Gasteiger partial charge is 0.0496 e. The molecule has 56 heavy (non-hydrogen) atoms. The van der Waals surface area contributed by atoms with Gasteiger partial charge in [0.15, 0.2) is 0 Å². The number of benzene rings is 4. The summed E-state index contributed by atoms with van der Waals surface area (Å²) in [7, 11) is 0. The van der Waals surface area contributed by atoms with E-state index in [1.807, 2.05) is 0 Å². The van der Waals surface area contributed by atoms with Gasteiger partial charge in [-0.05, 0) is 134 Å². The van der Waals surface area contributed by atoms with Crippen molar-refractivity contribution in [2.75, 3.05) is 9.80 Å². The molecule has 0 spiro atoms. The highest BCUT2D eigenvalue weighted by atomic mass is 15.2. The van der Waals surface area contributed by atoms with Gasteiger partial charge in [0.1, 0.15) is 0 Å². The van der Waals surface area contributed by atoms with Crippen LogP contribution < -0.4 is 9.80 Å². The molecule has 0 radical (unpaired) electrons. The number of hydrogen-bond acceptors (Lipinski definition) is 2. The fourth-order valence-corrected chi connectivity index (χ4v) is 8.97. The maximum absolute atomic E-state index is 2.57. The summed E-state index contributed by atoms with van der Waals surface area (Å²) < 4.78 is 0. The Labute approximate surface area is 333 Å². The zero-order valence-electron chi connectivity index (χ0n) is 32.2. The molecular formula is C54H50N2. The minimum Gasteiger partial charge on any atom is -0.317 e. The Bertz CT molecular complexity index is 2370. The molecule has 2 nitrogen and oxygen atoms in total. The van der Waals surface area contributed by atoms with E-state index < -0.39 is 0 Å². The number of para-hydroxylation sites is 3. The lowest BCUT2D eigenvalue weighted by molar-refractivity contribution is 0.802. The lowest BCUT2D eigenvalue weighted by atomic mass is 9.84. The Morgan fingerprint density at radius 1 is 0.482 bits per heavy atom. The van der Waals surface area contributed by atoms with Crippen LogP contribution >= 0.6 is 0 Å². The van der Waals surface area contributed by atoms with Crippen LogP contribution in [-0.4, -0.2) is 0 Å². The van der Waals surface area contributed by atoms with E-state index in [2.05, 4.69) is 198 Å². The SMILES string of the molecule is C1=CCCC(C2=CC=C(N(C3=C(C4=CCC(c5ccccc5N(C5=CC=C(c6ccccc6)CC5)c5ccccc5)C=C4)C=CCC3)c3ccccc3)CC2)=C1. The van der Waals surface area contributed by atoms with E-state index >= 15 is 0 Å². The second-order valence-electron chi connectivity index (χ2n) is 15.3. The molecule has 0 saturated heterocycles. The molecule has 9 rings (SSSR count). The molecule has 0 fully saturated rings. The van der Waals surface area contributed by atoms with Crippen molar-refractivity contribution in [1.82, 2.24) is 0 Å². The van der Waals surface area contributed by atoms with Gasteiger partial charge in [-0.15, -0.1) is 0 Å². The standard InChI is InChI=1S/C54H50N2/c1-5-17-41(18-6-1)43-33-37-49(38-34-43)55(47-21-9-3-10-22-47)53-27-15-13-25-51(53)45-29-31-46(32-30-45)52-26-14-16-28-54(52)56(48-23-11-4-12-24-48)50-39-35-44(36-40-50)42-19-7-2-8-20-42/h1-7,9-15,17-19,21-27,29,31-33,35,37,39,45H,8,16,20,28,30,34,36,38,40H2. The van der Waals surface area contributed by atoms with Crippen LogP contribution in [0.2, 0.25) is 0 Å². The van der Waals surface area contributed by atoms with Crippen molar-refractivity contribution in [3.05, 3.63) is 239 Å². The summed E-state index contributed by atoms with van der Waals surface area (Å²) in [5.41, 5.74) is 17.6. The monoisotopic (exact) mass is 726 g/mol. The third-order valence-corrected chi connectivity index (χ3v) is 11.8. The van der Waals surface area contributed by atoms with E-state index in [1.165, 1.54) is 73.1 Å². The van der Waals surface area contributed by atoms with Crippen LogP contribution in [0.5, 0.6) is 0 Å². The number of rotatable bonds is 10. The summed E-state index contributed by atoms with van der Waals surface area (Å²) in [6.45, 7) is 0. The van der Waals surface area contributed by atoms with E-state index in [9.17, 15) is 0 Å². The molecule has 4 aromatic rings. The van der Waals surface area contributed by atoms with Crippen LogP contribution in [0.4, 0.5) is 17.1 Å². The summed E-state index contributed by atoms with van der Waals surface area (Å²) in [6.07, 6.45) is 37.8. The van der Waals surface area contributed by atoms with Gasteiger partial charge in [0, 0.05) is 45.6 Å².